The molecule has 1 amide bonds. The second kappa shape index (κ2) is 8.52. The number of carboxylic acids is 1. The van der Waals surface area contributed by atoms with Crippen LogP contribution in [-0.4, -0.2) is 41.9 Å². The maximum atomic E-state index is 14.2. The number of carbonyl (C=O) groups is 2. The Morgan fingerprint density at radius 2 is 1.91 bits per heavy atom. The van der Waals surface area contributed by atoms with E-state index in [2.05, 4.69) is 0 Å². The van der Waals surface area contributed by atoms with Gasteiger partial charge in [0.25, 0.3) is 5.91 Å². The Balaban J connectivity index is 2.10. The maximum absolute atomic E-state index is 14.2. The van der Waals surface area contributed by atoms with E-state index in [0.717, 1.165) is 29.2 Å². The van der Waals surface area contributed by atoms with E-state index in [1.165, 1.54) is 24.1 Å². The van der Waals surface area contributed by atoms with E-state index < -0.39 is 46.6 Å². The molecule has 0 bridgehead atoms. The summed E-state index contributed by atoms with van der Waals surface area (Å²) in [5, 5.41) is 17.7. The number of carboxylic acid groups (broad SMARTS) is 1. The SMILES string of the molecule is COCC1C(=O)N(c2ccc(C#N)c(C(F)(F)F)c2)C(=S)N1c1ccc(C(=O)O)c(F)c1. The number of anilines is 2. The van der Waals surface area contributed by atoms with Crippen LogP contribution in [0.2, 0.25) is 0 Å². The molecule has 3 rings (SSSR count). The number of hydrogen-bond acceptors (Lipinski definition) is 5. The van der Waals surface area contributed by atoms with Gasteiger partial charge < -0.3 is 14.7 Å². The van der Waals surface area contributed by atoms with Gasteiger partial charge in [-0.25, -0.2) is 9.18 Å². The number of carbonyl (C=O) groups excluding carboxylic acids is 1. The van der Waals surface area contributed by atoms with Crippen LogP contribution in [0.25, 0.3) is 0 Å². The fourth-order valence-electron chi connectivity index (χ4n) is 3.26. The van der Waals surface area contributed by atoms with Gasteiger partial charge in [0.05, 0.1) is 35.1 Å². The molecule has 12 heteroatoms. The van der Waals surface area contributed by atoms with Crippen molar-refractivity contribution in [3.05, 3.63) is 58.9 Å². The van der Waals surface area contributed by atoms with Gasteiger partial charge in [-0.2, -0.15) is 18.4 Å². The third-order valence-corrected chi connectivity index (χ3v) is 5.07. The molecule has 1 fully saturated rings. The van der Waals surface area contributed by atoms with Crippen LogP contribution in [0.5, 0.6) is 0 Å². The Morgan fingerprint density at radius 1 is 1.25 bits per heavy atom. The lowest BCUT2D eigenvalue weighted by molar-refractivity contribution is -0.137. The lowest BCUT2D eigenvalue weighted by atomic mass is 10.1. The first-order valence-electron chi connectivity index (χ1n) is 8.81. The van der Waals surface area contributed by atoms with E-state index in [1.807, 2.05) is 0 Å². The van der Waals surface area contributed by atoms with Gasteiger partial charge in [-0.15, -0.1) is 0 Å². The summed E-state index contributed by atoms with van der Waals surface area (Å²) in [7, 11) is 1.29. The fraction of sp³-hybridized carbons (Fsp3) is 0.200. The molecule has 1 saturated heterocycles. The normalized spacial score (nSPS) is 16.4. The summed E-state index contributed by atoms with van der Waals surface area (Å²) < 4.78 is 59.4. The highest BCUT2D eigenvalue weighted by atomic mass is 32.1. The highest BCUT2D eigenvalue weighted by Crippen LogP contribution is 2.37. The minimum absolute atomic E-state index is 0.0140. The van der Waals surface area contributed by atoms with Gasteiger partial charge in [-0.3, -0.25) is 9.69 Å². The molecule has 1 aliphatic rings. The summed E-state index contributed by atoms with van der Waals surface area (Å²) in [6, 6.07) is 6.05. The highest BCUT2D eigenvalue weighted by Gasteiger charge is 2.45. The minimum Gasteiger partial charge on any atom is -0.478 e. The largest absolute Gasteiger partial charge is 0.478 e. The molecule has 0 spiro atoms. The van der Waals surface area contributed by atoms with Crippen molar-refractivity contribution < 1.29 is 37.0 Å². The molecular formula is C20H13F4N3O4S. The number of methoxy groups -OCH3 is 1. The molecule has 0 aromatic heterocycles. The first kappa shape index (κ1) is 23.1. The topological polar surface area (TPSA) is 93.9 Å². The zero-order valence-corrected chi connectivity index (χ0v) is 17.0. The standard InChI is InChI=1S/C20H13F4N3O4S/c1-31-9-16-17(28)27(11-3-2-10(8-25)14(6-11)20(22,23)24)19(32)26(16)12-4-5-13(18(29)30)15(21)7-12/h2-7,16H,9H2,1H3,(H,29,30). The van der Waals surface area contributed by atoms with E-state index in [-0.39, 0.29) is 23.1 Å². The first-order chi connectivity index (χ1) is 15.0. The Morgan fingerprint density at radius 3 is 2.44 bits per heavy atom. The number of ether oxygens (including phenoxy) is 1. The summed E-state index contributed by atoms with van der Waals surface area (Å²) in [5.41, 5.74) is -2.70. The number of aromatic carboxylic acids is 1. The van der Waals surface area contributed by atoms with Gasteiger partial charge in [0.1, 0.15) is 11.9 Å². The summed E-state index contributed by atoms with van der Waals surface area (Å²) in [5.74, 6) is -3.32. The van der Waals surface area contributed by atoms with Crippen LogP contribution in [0.4, 0.5) is 28.9 Å². The van der Waals surface area contributed by atoms with Crippen LogP contribution in [0.1, 0.15) is 21.5 Å². The number of halogens is 4. The average Bonchev–Trinajstić information content (AvgIpc) is 2.96. The molecule has 0 radical (unpaired) electrons. The maximum Gasteiger partial charge on any atom is 0.417 e. The number of benzene rings is 2. The monoisotopic (exact) mass is 467 g/mol. The van der Waals surface area contributed by atoms with Gasteiger partial charge in [-0.1, -0.05) is 0 Å². The van der Waals surface area contributed by atoms with E-state index >= 15 is 0 Å². The fourth-order valence-corrected chi connectivity index (χ4v) is 3.69. The van der Waals surface area contributed by atoms with Crippen LogP contribution < -0.4 is 9.80 Å². The van der Waals surface area contributed by atoms with Crippen LogP contribution in [0.3, 0.4) is 0 Å². The van der Waals surface area contributed by atoms with Crippen LogP contribution in [0.15, 0.2) is 36.4 Å². The third kappa shape index (κ3) is 4.00. The van der Waals surface area contributed by atoms with Gasteiger partial charge in [-0.05, 0) is 48.6 Å². The molecule has 1 heterocycles. The highest BCUT2D eigenvalue weighted by molar-refractivity contribution is 7.81. The van der Waals surface area contributed by atoms with E-state index in [1.54, 1.807) is 0 Å². The van der Waals surface area contributed by atoms with Crippen LogP contribution >= 0.6 is 12.2 Å². The summed E-state index contributed by atoms with van der Waals surface area (Å²) >= 11 is 5.31. The second-order valence-electron chi connectivity index (χ2n) is 6.61. The molecule has 0 aliphatic carbocycles. The number of alkyl halides is 3. The Kier molecular flexibility index (Phi) is 6.16. The third-order valence-electron chi connectivity index (χ3n) is 4.69. The van der Waals surface area contributed by atoms with Crippen LogP contribution in [0, 0.1) is 17.1 Å². The number of rotatable bonds is 5. The number of nitrogens with zero attached hydrogens (tertiary/aromatic N) is 3. The van der Waals surface area contributed by atoms with E-state index in [4.69, 9.17) is 27.3 Å². The van der Waals surface area contributed by atoms with Crippen molar-refractivity contribution >= 4 is 40.6 Å². The van der Waals surface area contributed by atoms with Crippen molar-refractivity contribution in [2.24, 2.45) is 0 Å². The predicted molar refractivity (Wildman–Crippen MR) is 108 cm³/mol. The van der Waals surface area contributed by atoms with Crippen molar-refractivity contribution in [1.29, 1.82) is 5.26 Å². The van der Waals surface area contributed by atoms with Gasteiger partial charge in [0.15, 0.2) is 5.11 Å². The van der Waals surface area contributed by atoms with Gasteiger partial charge in [0.2, 0.25) is 0 Å². The lowest BCUT2D eigenvalue weighted by Crippen LogP contribution is -2.38. The molecule has 2 aromatic rings. The molecule has 1 N–H and O–H groups in total. The molecule has 32 heavy (non-hydrogen) atoms. The average molecular weight is 467 g/mol. The van der Waals surface area contributed by atoms with Crippen LogP contribution in [-0.2, 0) is 15.7 Å². The van der Waals surface area contributed by atoms with Gasteiger partial charge in [0, 0.05) is 12.8 Å². The first-order valence-corrected chi connectivity index (χ1v) is 9.22. The Labute approximate surface area is 184 Å². The number of hydrogen-bond donors (Lipinski definition) is 1. The quantitative estimate of drug-likeness (QED) is 0.531. The zero-order valence-electron chi connectivity index (χ0n) is 16.2. The molecule has 7 nitrogen and oxygen atoms in total. The number of nitriles is 1. The lowest BCUT2D eigenvalue weighted by Gasteiger charge is -2.24. The predicted octanol–water partition coefficient (Wildman–Crippen LogP) is 3.57. The molecule has 0 saturated carbocycles. The van der Waals surface area contributed by atoms with Crippen molar-refractivity contribution in [3.8, 4) is 6.07 Å². The molecule has 1 unspecified atom stereocenters. The molecular weight excluding hydrogens is 454 g/mol. The van der Waals surface area contributed by atoms with Gasteiger partial charge >= 0.3 is 12.1 Å². The second-order valence-corrected chi connectivity index (χ2v) is 6.97. The van der Waals surface area contributed by atoms with Crippen molar-refractivity contribution in [3.63, 3.8) is 0 Å². The molecule has 1 atom stereocenters. The molecule has 1 aliphatic heterocycles. The summed E-state index contributed by atoms with van der Waals surface area (Å²) in [6.45, 7) is -0.236. The van der Waals surface area contributed by atoms with E-state index in [0.29, 0.717) is 6.07 Å². The smallest absolute Gasteiger partial charge is 0.417 e. The zero-order chi connectivity index (χ0) is 23.8. The van der Waals surface area contributed by atoms with E-state index in [9.17, 15) is 27.2 Å². The van der Waals surface area contributed by atoms with Crippen molar-refractivity contribution in [2.45, 2.75) is 12.2 Å². The molecule has 2 aromatic carbocycles. The number of thiocarbonyl (C=S) groups is 1. The summed E-state index contributed by atoms with van der Waals surface area (Å²) in [6.07, 6.45) is -4.85. The minimum atomic E-state index is -4.85. The summed E-state index contributed by atoms with van der Waals surface area (Å²) in [4.78, 5) is 26.1. The number of amides is 1. The Hall–Kier alpha value is -3.56. The van der Waals surface area contributed by atoms with Crippen molar-refractivity contribution in [2.75, 3.05) is 23.5 Å². The Bertz CT molecular complexity index is 1160. The molecule has 166 valence electrons. The van der Waals surface area contributed by atoms with Crippen molar-refractivity contribution in [1.82, 2.24) is 0 Å².